The Balaban J connectivity index is 1.79. The zero-order valence-electron chi connectivity index (χ0n) is 9.75. The third-order valence-electron chi connectivity index (χ3n) is 3.28. The number of anilines is 1. The van der Waals surface area contributed by atoms with Gasteiger partial charge in [0, 0.05) is 6.54 Å². The molecule has 1 aromatic rings. The van der Waals surface area contributed by atoms with Crippen molar-refractivity contribution in [1.82, 2.24) is 9.97 Å². The molecule has 1 aromatic heterocycles. The first-order valence-corrected chi connectivity index (χ1v) is 6.55. The van der Waals surface area contributed by atoms with Crippen LogP contribution in [0.2, 0.25) is 5.28 Å². The fourth-order valence-electron chi connectivity index (χ4n) is 2.34. The Kier molecular flexibility index (Phi) is 4.54. The van der Waals surface area contributed by atoms with Crippen LogP contribution >= 0.6 is 11.6 Å². The molecule has 0 bridgehead atoms. The Morgan fingerprint density at radius 1 is 1.35 bits per heavy atom. The molecule has 0 radical (unpaired) electrons. The minimum absolute atomic E-state index is 0.0755. The molecule has 1 saturated carbocycles. The van der Waals surface area contributed by atoms with Crippen molar-refractivity contribution in [3.05, 3.63) is 17.3 Å². The number of hydrogen-bond acceptors (Lipinski definition) is 3. The predicted molar refractivity (Wildman–Crippen MR) is 66.7 cm³/mol. The van der Waals surface area contributed by atoms with E-state index in [1.54, 1.807) is 0 Å². The average Bonchev–Trinajstić information content (AvgIpc) is 2.35. The van der Waals surface area contributed by atoms with Gasteiger partial charge in [-0.2, -0.15) is 4.98 Å². The van der Waals surface area contributed by atoms with E-state index in [0.29, 0.717) is 0 Å². The summed E-state index contributed by atoms with van der Waals surface area (Å²) in [5.41, 5.74) is 0. The predicted octanol–water partition coefficient (Wildman–Crippen LogP) is 3.65. The quantitative estimate of drug-likeness (QED) is 0.837. The third-order valence-corrected chi connectivity index (χ3v) is 3.47. The van der Waals surface area contributed by atoms with Gasteiger partial charge in [-0.3, -0.25) is 0 Å². The zero-order chi connectivity index (χ0) is 12.1. The standard InChI is InChI=1S/C12H17ClFN3/c13-12-16-8-10(14)11(17-12)15-7-6-9-4-2-1-3-5-9/h8-9H,1-7H2,(H,15,16,17). The van der Waals surface area contributed by atoms with Crippen molar-refractivity contribution in [1.29, 1.82) is 0 Å². The maximum Gasteiger partial charge on any atom is 0.224 e. The van der Waals surface area contributed by atoms with Crippen molar-refractivity contribution < 1.29 is 4.39 Å². The van der Waals surface area contributed by atoms with Crippen LogP contribution in [0.3, 0.4) is 0 Å². The van der Waals surface area contributed by atoms with Gasteiger partial charge in [-0.1, -0.05) is 32.1 Å². The second-order valence-electron chi connectivity index (χ2n) is 4.56. The molecule has 0 saturated heterocycles. The molecule has 1 aliphatic carbocycles. The largest absolute Gasteiger partial charge is 0.367 e. The first-order chi connectivity index (χ1) is 8.25. The first-order valence-electron chi connectivity index (χ1n) is 6.17. The molecular formula is C12H17ClFN3. The van der Waals surface area contributed by atoms with Crippen LogP contribution in [0.25, 0.3) is 0 Å². The highest BCUT2D eigenvalue weighted by Crippen LogP contribution is 2.26. The van der Waals surface area contributed by atoms with Gasteiger partial charge in [-0.05, 0) is 23.9 Å². The molecular weight excluding hydrogens is 241 g/mol. The fourth-order valence-corrected chi connectivity index (χ4v) is 2.47. The lowest BCUT2D eigenvalue weighted by Gasteiger charge is -2.21. The minimum atomic E-state index is -0.446. The number of rotatable bonds is 4. The second kappa shape index (κ2) is 6.15. The molecule has 5 heteroatoms. The topological polar surface area (TPSA) is 37.8 Å². The van der Waals surface area contributed by atoms with Crippen LogP contribution in [0.1, 0.15) is 38.5 Å². The van der Waals surface area contributed by atoms with Gasteiger partial charge >= 0.3 is 0 Å². The summed E-state index contributed by atoms with van der Waals surface area (Å²) < 4.78 is 13.3. The van der Waals surface area contributed by atoms with Gasteiger partial charge < -0.3 is 5.32 Å². The molecule has 3 nitrogen and oxygen atoms in total. The smallest absolute Gasteiger partial charge is 0.224 e. The van der Waals surface area contributed by atoms with E-state index in [9.17, 15) is 4.39 Å². The lowest BCUT2D eigenvalue weighted by molar-refractivity contribution is 0.345. The third kappa shape index (κ3) is 3.80. The number of hydrogen-bond donors (Lipinski definition) is 1. The summed E-state index contributed by atoms with van der Waals surface area (Å²) in [5, 5.41) is 3.07. The first kappa shape index (κ1) is 12.6. The molecule has 0 aromatic carbocycles. The lowest BCUT2D eigenvalue weighted by Crippen LogP contribution is -2.13. The Hall–Kier alpha value is -0.900. The van der Waals surface area contributed by atoms with Gasteiger partial charge in [0.15, 0.2) is 11.6 Å². The van der Waals surface area contributed by atoms with E-state index in [1.807, 2.05) is 0 Å². The van der Waals surface area contributed by atoms with Gasteiger partial charge in [-0.25, -0.2) is 9.37 Å². The Morgan fingerprint density at radius 2 is 2.12 bits per heavy atom. The molecule has 0 aliphatic heterocycles. The summed E-state index contributed by atoms with van der Waals surface area (Å²) in [5.74, 6) is 0.537. The van der Waals surface area contributed by atoms with Crippen LogP contribution in [0.15, 0.2) is 6.20 Å². The van der Waals surface area contributed by atoms with E-state index < -0.39 is 5.82 Å². The molecule has 2 rings (SSSR count). The van der Waals surface area contributed by atoms with Crippen molar-refractivity contribution in [2.75, 3.05) is 11.9 Å². The normalized spacial score (nSPS) is 17.1. The van der Waals surface area contributed by atoms with Crippen molar-refractivity contribution in [3.8, 4) is 0 Å². The van der Waals surface area contributed by atoms with Crippen molar-refractivity contribution in [2.45, 2.75) is 38.5 Å². The van der Waals surface area contributed by atoms with Gasteiger partial charge in [0.25, 0.3) is 0 Å². The van der Waals surface area contributed by atoms with Crippen LogP contribution in [-0.4, -0.2) is 16.5 Å². The van der Waals surface area contributed by atoms with Crippen LogP contribution in [0.5, 0.6) is 0 Å². The lowest BCUT2D eigenvalue weighted by atomic mass is 9.87. The summed E-state index contributed by atoms with van der Waals surface area (Å²) in [6, 6.07) is 0. The summed E-state index contributed by atoms with van der Waals surface area (Å²) in [6.45, 7) is 0.745. The molecule has 0 amide bonds. The van der Waals surface area contributed by atoms with Crippen molar-refractivity contribution in [3.63, 3.8) is 0 Å². The van der Waals surface area contributed by atoms with E-state index in [-0.39, 0.29) is 11.1 Å². The fraction of sp³-hybridized carbons (Fsp3) is 0.667. The average molecular weight is 258 g/mol. The minimum Gasteiger partial charge on any atom is -0.367 e. The molecule has 94 valence electrons. The monoisotopic (exact) mass is 257 g/mol. The van der Waals surface area contributed by atoms with E-state index >= 15 is 0 Å². The summed E-state index contributed by atoms with van der Waals surface area (Å²) in [6.07, 6.45) is 8.79. The van der Waals surface area contributed by atoms with E-state index in [4.69, 9.17) is 11.6 Å². The maximum atomic E-state index is 13.3. The molecule has 1 heterocycles. The highest BCUT2D eigenvalue weighted by atomic mass is 35.5. The molecule has 0 unspecified atom stereocenters. The number of halogens is 2. The number of aromatic nitrogens is 2. The highest BCUT2D eigenvalue weighted by molar-refractivity contribution is 6.28. The SMILES string of the molecule is Fc1cnc(Cl)nc1NCCC1CCCCC1. The summed E-state index contributed by atoms with van der Waals surface area (Å²) >= 11 is 5.62. The van der Waals surface area contributed by atoms with E-state index in [0.717, 1.165) is 25.1 Å². The highest BCUT2D eigenvalue weighted by Gasteiger charge is 2.13. The second-order valence-corrected chi connectivity index (χ2v) is 4.89. The maximum absolute atomic E-state index is 13.3. The van der Waals surface area contributed by atoms with E-state index in [1.165, 1.54) is 32.1 Å². The van der Waals surface area contributed by atoms with Gasteiger partial charge in [0.2, 0.25) is 5.28 Å². The van der Waals surface area contributed by atoms with Crippen molar-refractivity contribution >= 4 is 17.4 Å². The summed E-state index contributed by atoms with van der Waals surface area (Å²) in [7, 11) is 0. The van der Waals surface area contributed by atoms with E-state index in [2.05, 4.69) is 15.3 Å². The van der Waals surface area contributed by atoms with Gasteiger partial charge in [0.05, 0.1) is 6.20 Å². The van der Waals surface area contributed by atoms with Gasteiger partial charge in [-0.15, -0.1) is 0 Å². The van der Waals surface area contributed by atoms with Crippen LogP contribution in [-0.2, 0) is 0 Å². The van der Waals surface area contributed by atoms with Crippen molar-refractivity contribution in [2.24, 2.45) is 5.92 Å². The van der Waals surface area contributed by atoms with Crippen LogP contribution in [0, 0.1) is 11.7 Å². The summed E-state index contributed by atoms with van der Waals surface area (Å²) in [4.78, 5) is 7.40. The Labute approximate surface area is 106 Å². The van der Waals surface area contributed by atoms with Crippen LogP contribution < -0.4 is 5.32 Å². The molecule has 0 atom stereocenters. The number of nitrogens with zero attached hydrogens (tertiary/aromatic N) is 2. The van der Waals surface area contributed by atoms with Crippen LogP contribution in [0.4, 0.5) is 10.2 Å². The molecule has 1 aliphatic rings. The molecule has 1 fully saturated rings. The molecule has 17 heavy (non-hydrogen) atoms. The molecule has 1 N–H and O–H groups in total. The van der Waals surface area contributed by atoms with Gasteiger partial charge in [0.1, 0.15) is 0 Å². The Morgan fingerprint density at radius 3 is 2.88 bits per heavy atom. The Bertz CT molecular complexity index is 367. The zero-order valence-corrected chi connectivity index (χ0v) is 10.5. The number of nitrogens with one attached hydrogen (secondary N) is 1. The molecule has 0 spiro atoms.